The summed E-state index contributed by atoms with van der Waals surface area (Å²) >= 11 is 0. The number of benzene rings is 1. The summed E-state index contributed by atoms with van der Waals surface area (Å²) < 4.78 is 37.6. The van der Waals surface area contributed by atoms with Gasteiger partial charge in [-0.2, -0.15) is 13.2 Å². The maximum atomic E-state index is 12.5. The van der Waals surface area contributed by atoms with Crippen LogP contribution in [0.5, 0.6) is 0 Å². The summed E-state index contributed by atoms with van der Waals surface area (Å²) in [6.45, 7) is 1.16. The zero-order valence-corrected chi connectivity index (χ0v) is 12.4. The fourth-order valence-electron chi connectivity index (χ4n) is 2.67. The first kappa shape index (κ1) is 17.1. The van der Waals surface area contributed by atoms with Crippen LogP contribution in [0, 0.1) is 0 Å². The Morgan fingerprint density at radius 2 is 1.87 bits per heavy atom. The number of hydrogen-bond donors (Lipinski definition) is 1. The molecule has 1 amide bonds. The number of aliphatic hydroxyl groups is 1. The van der Waals surface area contributed by atoms with Crippen molar-refractivity contribution in [3.63, 3.8) is 0 Å². The second-order valence-corrected chi connectivity index (χ2v) is 5.41. The van der Waals surface area contributed by atoms with Crippen molar-refractivity contribution in [2.24, 2.45) is 0 Å². The molecular formula is C16H16F3NO3. The van der Waals surface area contributed by atoms with Crippen molar-refractivity contribution in [2.75, 3.05) is 0 Å². The van der Waals surface area contributed by atoms with E-state index in [1.165, 1.54) is 0 Å². The van der Waals surface area contributed by atoms with Crippen LogP contribution < -0.4 is 0 Å². The molecule has 23 heavy (non-hydrogen) atoms. The molecule has 0 fully saturated rings. The molecule has 0 saturated heterocycles. The fraction of sp³-hybridized carbons (Fsp3) is 0.375. The number of ketones is 1. The zero-order chi connectivity index (χ0) is 17.2. The van der Waals surface area contributed by atoms with Crippen molar-refractivity contribution in [2.45, 2.75) is 38.5 Å². The molecule has 0 aliphatic carbocycles. The summed E-state index contributed by atoms with van der Waals surface area (Å²) in [5.41, 5.74) is 0.464. The van der Waals surface area contributed by atoms with Gasteiger partial charge in [0.15, 0.2) is 11.5 Å². The Balaban J connectivity index is 2.28. The van der Waals surface area contributed by atoms with Gasteiger partial charge in [0.25, 0.3) is 5.91 Å². The molecule has 0 aromatic heterocycles. The van der Waals surface area contributed by atoms with Crippen LogP contribution in [-0.2, 0) is 16.1 Å². The standard InChI is InChI=1S/C16H16F3NO3/c1-10(21)13-12(7-8-16(17,18)19)20(15(23)14(13)22)9-11-5-3-2-4-6-11/h2-6,12,22H,7-9H2,1H3. The number of halogens is 3. The highest BCUT2D eigenvalue weighted by molar-refractivity contribution is 6.07. The third kappa shape index (κ3) is 3.91. The van der Waals surface area contributed by atoms with E-state index < -0.39 is 42.5 Å². The highest BCUT2D eigenvalue weighted by Gasteiger charge is 2.43. The predicted molar refractivity (Wildman–Crippen MR) is 76.4 cm³/mol. The van der Waals surface area contributed by atoms with Crippen LogP contribution in [0.1, 0.15) is 25.3 Å². The van der Waals surface area contributed by atoms with E-state index in [0.29, 0.717) is 5.56 Å². The molecule has 7 heteroatoms. The average molecular weight is 327 g/mol. The van der Waals surface area contributed by atoms with Crippen LogP contribution in [0.25, 0.3) is 0 Å². The molecule has 1 aromatic carbocycles. The topological polar surface area (TPSA) is 57.6 Å². The number of alkyl halides is 3. The average Bonchev–Trinajstić information content (AvgIpc) is 2.70. The maximum absolute atomic E-state index is 12.5. The lowest BCUT2D eigenvalue weighted by molar-refractivity contribution is -0.141. The summed E-state index contributed by atoms with van der Waals surface area (Å²) in [5.74, 6) is -2.16. The van der Waals surface area contributed by atoms with Gasteiger partial charge in [0.1, 0.15) is 0 Å². The van der Waals surface area contributed by atoms with Crippen LogP contribution in [0.4, 0.5) is 13.2 Å². The van der Waals surface area contributed by atoms with Gasteiger partial charge in [-0.3, -0.25) is 9.59 Å². The second kappa shape index (κ2) is 6.44. The molecular weight excluding hydrogens is 311 g/mol. The van der Waals surface area contributed by atoms with Crippen LogP contribution in [0.2, 0.25) is 0 Å². The Hall–Kier alpha value is -2.31. The highest BCUT2D eigenvalue weighted by Crippen LogP contribution is 2.33. The largest absolute Gasteiger partial charge is 0.503 e. The molecule has 0 saturated carbocycles. The molecule has 1 aliphatic heterocycles. The van der Waals surface area contributed by atoms with Crippen molar-refractivity contribution in [3.05, 3.63) is 47.2 Å². The predicted octanol–water partition coefficient (Wildman–Crippen LogP) is 3.14. The molecule has 1 N–H and O–H groups in total. The third-order valence-electron chi connectivity index (χ3n) is 3.70. The van der Waals surface area contributed by atoms with E-state index in [0.717, 1.165) is 11.8 Å². The van der Waals surface area contributed by atoms with Crippen molar-refractivity contribution in [1.29, 1.82) is 0 Å². The number of nitrogens with zero attached hydrogens (tertiary/aromatic N) is 1. The minimum absolute atomic E-state index is 0.0308. The van der Waals surface area contributed by atoms with Gasteiger partial charge in [0.05, 0.1) is 11.6 Å². The summed E-state index contributed by atoms with van der Waals surface area (Å²) in [7, 11) is 0. The summed E-state index contributed by atoms with van der Waals surface area (Å²) in [5, 5.41) is 9.86. The van der Waals surface area contributed by atoms with Crippen LogP contribution in [0.15, 0.2) is 41.7 Å². The van der Waals surface area contributed by atoms with Gasteiger partial charge in [-0.15, -0.1) is 0 Å². The molecule has 2 rings (SSSR count). The molecule has 0 spiro atoms. The van der Waals surface area contributed by atoms with Crippen LogP contribution in [0.3, 0.4) is 0 Å². The molecule has 1 aliphatic rings. The molecule has 124 valence electrons. The lowest BCUT2D eigenvalue weighted by Gasteiger charge is -2.26. The van der Waals surface area contributed by atoms with Crippen molar-refractivity contribution in [1.82, 2.24) is 4.90 Å². The number of amides is 1. The smallest absolute Gasteiger partial charge is 0.389 e. The van der Waals surface area contributed by atoms with Gasteiger partial charge in [-0.1, -0.05) is 30.3 Å². The van der Waals surface area contributed by atoms with E-state index in [2.05, 4.69) is 0 Å². The molecule has 1 unspecified atom stereocenters. The second-order valence-electron chi connectivity index (χ2n) is 5.41. The van der Waals surface area contributed by atoms with Crippen LogP contribution >= 0.6 is 0 Å². The number of rotatable bonds is 5. The van der Waals surface area contributed by atoms with Crippen LogP contribution in [-0.4, -0.2) is 33.9 Å². The minimum Gasteiger partial charge on any atom is -0.503 e. The van der Waals surface area contributed by atoms with Gasteiger partial charge in [-0.05, 0) is 18.9 Å². The Morgan fingerprint density at radius 3 is 2.39 bits per heavy atom. The zero-order valence-electron chi connectivity index (χ0n) is 12.4. The summed E-state index contributed by atoms with van der Waals surface area (Å²) in [6.07, 6.45) is -6.00. The van der Waals surface area contributed by atoms with E-state index in [1.54, 1.807) is 30.3 Å². The van der Waals surface area contributed by atoms with Gasteiger partial charge in [-0.25, -0.2) is 0 Å². The van der Waals surface area contributed by atoms with Gasteiger partial charge in [0.2, 0.25) is 0 Å². The third-order valence-corrected chi connectivity index (χ3v) is 3.70. The number of carbonyl (C=O) groups is 2. The molecule has 4 nitrogen and oxygen atoms in total. The highest BCUT2D eigenvalue weighted by atomic mass is 19.4. The lowest BCUT2D eigenvalue weighted by atomic mass is 9.99. The van der Waals surface area contributed by atoms with Gasteiger partial charge in [0, 0.05) is 13.0 Å². The number of hydrogen-bond acceptors (Lipinski definition) is 3. The number of carbonyl (C=O) groups excluding carboxylic acids is 2. The first-order valence-electron chi connectivity index (χ1n) is 7.06. The Kier molecular flexibility index (Phi) is 4.77. The van der Waals surface area contributed by atoms with Crippen molar-refractivity contribution < 1.29 is 27.9 Å². The Morgan fingerprint density at radius 1 is 1.26 bits per heavy atom. The SMILES string of the molecule is CC(=O)C1=C(O)C(=O)N(Cc2ccccc2)C1CCC(F)(F)F. The number of Topliss-reactive ketones (excluding diaryl/α,β-unsaturated/α-hetero) is 1. The molecule has 1 aromatic rings. The summed E-state index contributed by atoms with van der Waals surface area (Å²) in [6, 6.07) is 7.61. The van der Waals surface area contributed by atoms with E-state index in [1.807, 2.05) is 0 Å². The first-order valence-corrected chi connectivity index (χ1v) is 7.06. The van der Waals surface area contributed by atoms with E-state index >= 15 is 0 Å². The summed E-state index contributed by atoms with van der Waals surface area (Å²) in [4.78, 5) is 24.9. The maximum Gasteiger partial charge on any atom is 0.389 e. The van der Waals surface area contributed by atoms with Crippen molar-refractivity contribution >= 4 is 11.7 Å². The normalized spacial score (nSPS) is 18.7. The Labute approximate surface area is 131 Å². The Bertz CT molecular complexity index is 638. The van der Waals surface area contributed by atoms with E-state index in [-0.39, 0.29) is 12.1 Å². The van der Waals surface area contributed by atoms with Gasteiger partial charge >= 0.3 is 6.18 Å². The van der Waals surface area contributed by atoms with Crippen molar-refractivity contribution in [3.8, 4) is 0 Å². The first-order chi connectivity index (χ1) is 10.7. The molecule has 0 radical (unpaired) electrons. The van der Waals surface area contributed by atoms with E-state index in [9.17, 15) is 27.9 Å². The minimum atomic E-state index is -4.40. The number of aliphatic hydroxyl groups excluding tert-OH is 1. The fourth-order valence-corrected chi connectivity index (χ4v) is 2.67. The lowest BCUT2D eigenvalue weighted by Crippen LogP contribution is -2.37. The van der Waals surface area contributed by atoms with E-state index in [4.69, 9.17) is 0 Å². The van der Waals surface area contributed by atoms with Gasteiger partial charge < -0.3 is 10.0 Å². The molecule has 1 atom stereocenters. The molecule has 1 heterocycles. The monoisotopic (exact) mass is 327 g/mol. The quantitative estimate of drug-likeness (QED) is 0.904. The molecule has 0 bridgehead atoms.